The summed E-state index contributed by atoms with van der Waals surface area (Å²) in [5, 5.41) is 0. The summed E-state index contributed by atoms with van der Waals surface area (Å²) in [5.74, 6) is 1.78. The first-order valence-electron chi connectivity index (χ1n) is 6.62. The van der Waals surface area contributed by atoms with Gasteiger partial charge in [-0.1, -0.05) is 20.8 Å². The second-order valence-corrected chi connectivity index (χ2v) is 6.91. The minimum absolute atomic E-state index is 0.0606. The average Bonchev–Trinajstić information content (AvgIpc) is 2.45. The number of carbonyl (C=O) groups is 1. The smallest absolute Gasteiger partial charge is 0.138 e. The molecule has 3 fully saturated rings. The number of ketones is 1. The van der Waals surface area contributed by atoms with E-state index < -0.39 is 0 Å². The monoisotopic (exact) mass is 222 g/mol. The van der Waals surface area contributed by atoms with Crippen LogP contribution in [0.2, 0.25) is 0 Å². The molecular weight excluding hydrogens is 200 g/mol. The molecule has 2 saturated heterocycles. The molecule has 3 rings (SSSR count). The van der Waals surface area contributed by atoms with Crippen LogP contribution in [0.3, 0.4) is 0 Å². The molecule has 16 heavy (non-hydrogen) atoms. The van der Waals surface area contributed by atoms with Crippen molar-refractivity contribution in [2.24, 2.45) is 17.3 Å². The van der Waals surface area contributed by atoms with Gasteiger partial charge in [-0.15, -0.1) is 0 Å². The lowest BCUT2D eigenvalue weighted by molar-refractivity contribution is -0.224. The Morgan fingerprint density at radius 3 is 2.88 bits per heavy atom. The summed E-state index contributed by atoms with van der Waals surface area (Å²) >= 11 is 0. The molecule has 0 N–H and O–H groups in total. The Balaban J connectivity index is 1.99. The highest BCUT2D eigenvalue weighted by Gasteiger charge is 2.59. The van der Waals surface area contributed by atoms with Crippen LogP contribution < -0.4 is 0 Å². The number of carbonyl (C=O) groups excluding carboxylic acids is 1. The number of fused-ring (bicyclic) bond motifs is 1. The summed E-state index contributed by atoms with van der Waals surface area (Å²) in [5.41, 5.74) is 0.123. The first-order chi connectivity index (χ1) is 7.43. The summed E-state index contributed by atoms with van der Waals surface area (Å²) < 4.78 is 6.37. The molecular formula is C14H22O2. The van der Waals surface area contributed by atoms with Crippen LogP contribution in [0.15, 0.2) is 0 Å². The lowest BCUT2D eigenvalue weighted by Crippen LogP contribution is -2.57. The quantitative estimate of drug-likeness (QED) is 0.630. The Hall–Kier alpha value is -0.370. The predicted molar refractivity (Wildman–Crippen MR) is 62.1 cm³/mol. The van der Waals surface area contributed by atoms with E-state index in [1.54, 1.807) is 0 Å². The molecule has 0 radical (unpaired) electrons. The highest BCUT2D eigenvalue weighted by molar-refractivity contribution is 5.81. The van der Waals surface area contributed by atoms with Gasteiger partial charge in [0.25, 0.3) is 0 Å². The van der Waals surface area contributed by atoms with Crippen molar-refractivity contribution in [2.75, 3.05) is 0 Å². The largest absolute Gasteiger partial charge is 0.370 e. The van der Waals surface area contributed by atoms with Crippen molar-refractivity contribution in [1.82, 2.24) is 0 Å². The van der Waals surface area contributed by atoms with Crippen LogP contribution in [0.4, 0.5) is 0 Å². The van der Waals surface area contributed by atoms with Crippen LogP contribution in [0.1, 0.15) is 52.9 Å². The van der Waals surface area contributed by atoms with Crippen LogP contribution in [0.5, 0.6) is 0 Å². The van der Waals surface area contributed by atoms with Crippen molar-refractivity contribution in [3.8, 4) is 0 Å². The molecule has 0 unspecified atom stereocenters. The molecule has 0 amide bonds. The molecule has 2 aliphatic heterocycles. The molecule has 1 saturated carbocycles. The average molecular weight is 222 g/mol. The summed E-state index contributed by atoms with van der Waals surface area (Å²) in [6.07, 6.45) is 5.10. The first-order valence-corrected chi connectivity index (χ1v) is 6.62. The minimum Gasteiger partial charge on any atom is -0.370 e. The van der Waals surface area contributed by atoms with Crippen molar-refractivity contribution >= 4 is 5.78 Å². The number of hydrogen-bond acceptors (Lipinski definition) is 2. The van der Waals surface area contributed by atoms with Crippen LogP contribution in [0.25, 0.3) is 0 Å². The lowest BCUT2D eigenvalue weighted by atomic mass is 9.63. The number of hydrogen-bond donors (Lipinski definition) is 0. The third kappa shape index (κ3) is 1.32. The molecule has 2 heteroatoms. The number of rotatable bonds is 0. The SMILES string of the molecule is C[C@@H]1CC[C@@]23CC(=O)C[C@H](O2)C(C)(C)C[C@@H]13. The summed E-state index contributed by atoms with van der Waals surface area (Å²) in [4.78, 5) is 11.9. The molecule has 1 aliphatic carbocycles. The lowest BCUT2D eigenvalue weighted by Gasteiger charge is -2.54. The topological polar surface area (TPSA) is 26.3 Å². The van der Waals surface area contributed by atoms with Crippen molar-refractivity contribution in [3.05, 3.63) is 0 Å². The van der Waals surface area contributed by atoms with Gasteiger partial charge >= 0.3 is 0 Å². The molecule has 1 spiro atoms. The predicted octanol–water partition coefficient (Wildman–Crippen LogP) is 2.95. The van der Waals surface area contributed by atoms with Gasteiger partial charge < -0.3 is 4.74 Å². The van der Waals surface area contributed by atoms with Gasteiger partial charge in [-0.3, -0.25) is 4.79 Å². The maximum absolute atomic E-state index is 11.9. The highest BCUT2D eigenvalue weighted by Crippen LogP contribution is 2.58. The summed E-state index contributed by atoms with van der Waals surface area (Å²) in [6.45, 7) is 6.87. The van der Waals surface area contributed by atoms with Gasteiger partial charge in [0.2, 0.25) is 0 Å². The van der Waals surface area contributed by atoms with E-state index >= 15 is 0 Å². The molecule has 4 atom stereocenters. The van der Waals surface area contributed by atoms with Crippen LogP contribution in [0, 0.1) is 17.3 Å². The van der Waals surface area contributed by atoms with E-state index in [0.29, 0.717) is 24.5 Å². The summed E-state index contributed by atoms with van der Waals surface area (Å²) in [7, 11) is 0. The maximum atomic E-state index is 11.9. The van der Waals surface area contributed by atoms with Crippen LogP contribution in [-0.2, 0) is 9.53 Å². The Kier molecular flexibility index (Phi) is 2.08. The molecule has 2 nitrogen and oxygen atoms in total. The number of Topliss-reactive ketones (excluding diaryl/α,β-unsaturated/α-hetero) is 1. The Morgan fingerprint density at radius 1 is 1.38 bits per heavy atom. The van der Waals surface area contributed by atoms with Crippen LogP contribution in [-0.4, -0.2) is 17.5 Å². The fourth-order valence-corrected chi connectivity index (χ4v) is 4.24. The van der Waals surface area contributed by atoms with E-state index in [2.05, 4.69) is 20.8 Å². The Bertz CT molecular complexity index is 334. The van der Waals surface area contributed by atoms with Gasteiger partial charge in [0.05, 0.1) is 11.7 Å². The number of ether oxygens (including phenoxy) is 1. The molecule has 0 aromatic heterocycles. The highest BCUT2D eigenvalue weighted by atomic mass is 16.5. The molecule has 3 aliphatic rings. The molecule has 0 aromatic carbocycles. The van der Waals surface area contributed by atoms with E-state index in [-0.39, 0.29) is 17.1 Å². The van der Waals surface area contributed by atoms with Crippen molar-refractivity contribution in [2.45, 2.75) is 64.6 Å². The zero-order valence-corrected chi connectivity index (χ0v) is 10.6. The second kappa shape index (κ2) is 3.10. The van der Waals surface area contributed by atoms with Gasteiger partial charge in [0.1, 0.15) is 5.78 Å². The zero-order chi connectivity index (χ0) is 11.6. The second-order valence-electron chi connectivity index (χ2n) is 6.91. The van der Waals surface area contributed by atoms with Crippen molar-refractivity contribution in [1.29, 1.82) is 0 Å². The van der Waals surface area contributed by atoms with Gasteiger partial charge in [-0.25, -0.2) is 0 Å². The Labute approximate surface area is 97.7 Å². The fraction of sp³-hybridized carbons (Fsp3) is 0.929. The Morgan fingerprint density at radius 2 is 2.12 bits per heavy atom. The van der Waals surface area contributed by atoms with E-state index in [4.69, 9.17) is 4.74 Å². The maximum Gasteiger partial charge on any atom is 0.138 e. The molecule has 0 aromatic rings. The van der Waals surface area contributed by atoms with E-state index in [1.165, 1.54) is 12.8 Å². The van der Waals surface area contributed by atoms with Gasteiger partial charge in [0.15, 0.2) is 0 Å². The van der Waals surface area contributed by atoms with Gasteiger partial charge in [-0.05, 0) is 36.5 Å². The zero-order valence-electron chi connectivity index (χ0n) is 10.6. The van der Waals surface area contributed by atoms with E-state index in [0.717, 1.165) is 12.3 Å². The van der Waals surface area contributed by atoms with E-state index in [1.807, 2.05) is 0 Å². The summed E-state index contributed by atoms with van der Waals surface area (Å²) in [6, 6.07) is 0. The van der Waals surface area contributed by atoms with Gasteiger partial charge in [-0.2, -0.15) is 0 Å². The normalized spacial score (nSPS) is 50.2. The first kappa shape index (κ1) is 10.8. The van der Waals surface area contributed by atoms with Crippen LogP contribution >= 0.6 is 0 Å². The van der Waals surface area contributed by atoms with Crippen molar-refractivity contribution in [3.63, 3.8) is 0 Å². The molecule has 2 heterocycles. The minimum atomic E-state index is -0.0606. The fourth-order valence-electron chi connectivity index (χ4n) is 4.24. The van der Waals surface area contributed by atoms with Crippen molar-refractivity contribution < 1.29 is 9.53 Å². The third-order valence-electron chi connectivity index (χ3n) is 5.29. The standard InChI is InChI=1S/C14H22O2/c1-9-4-5-14-7-10(15)6-12(16-14)13(2,3)8-11(9)14/h9,11-12H,4-8H2,1-3H3/t9-,11+,12+,14+/m1/s1. The molecule has 2 bridgehead atoms. The van der Waals surface area contributed by atoms with E-state index in [9.17, 15) is 4.79 Å². The van der Waals surface area contributed by atoms with Gasteiger partial charge in [0, 0.05) is 12.8 Å². The molecule has 90 valence electrons. The third-order valence-corrected chi connectivity index (χ3v) is 5.29.